The lowest BCUT2D eigenvalue weighted by atomic mass is 10.1. The van der Waals surface area contributed by atoms with Gasteiger partial charge in [-0.25, -0.2) is 19.3 Å². The Hall–Kier alpha value is -3.02. The Morgan fingerprint density at radius 1 is 0.952 bits per heavy atom. The molecule has 6 heteroatoms. The van der Waals surface area contributed by atoms with E-state index in [1.54, 1.807) is 36.8 Å². The molecule has 1 aromatic carbocycles. The van der Waals surface area contributed by atoms with E-state index in [0.29, 0.717) is 11.6 Å². The molecular weight excluding hydrogens is 271 g/mol. The Bertz CT molecular complexity index is 762. The number of hydrogen-bond acceptors (Lipinski definition) is 5. The molecule has 2 aromatic heterocycles. The first-order valence-corrected chi connectivity index (χ1v) is 6.18. The van der Waals surface area contributed by atoms with Crippen LogP contribution in [0.1, 0.15) is 0 Å². The van der Waals surface area contributed by atoms with Crippen molar-refractivity contribution in [2.45, 2.75) is 0 Å². The van der Waals surface area contributed by atoms with E-state index in [1.165, 1.54) is 12.1 Å². The Labute approximate surface area is 120 Å². The van der Waals surface area contributed by atoms with Gasteiger partial charge in [-0.15, -0.1) is 0 Å². The van der Waals surface area contributed by atoms with Gasteiger partial charge in [-0.1, -0.05) is 6.07 Å². The summed E-state index contributed by atoms with van der Waals surface area (Å²) in [4.78, 5) is 12.1. The van der Waals surface area contributed by atoms with Crippen molar-refractivity contribution < 1.29 is 9.13 Å². The van der Waals surface area contributed by atoms with E-state index < -0.39 is 0 Å². The number of benzene rings is 1. The van der Waals surface area contributed by atoms with Crippen molar-refractivity contribution in [3.8, 4) is 22.9 Å². The van der Waals surface area contributed by atoms with Crippen LogP contribution in [-0.4, -0.2) is 15.0 Å². The van der Waals surface area contributed by atoms with E-state index >= 15 is 0 Å². The number of nitrogen functional groups attached to an aromatic ring is 1. The maximum atomic E-state index is 13.1. The van der Waals surface area contributed by atoms with Crippen molar-refractivity contribution in [1.82, 2.24) is 15.0 Å². The molecule has 0 spiro atoms. The Balaban J connectivity index is 1.81. The molecule has 0 unspecified atom stereocenters. The fourth-order valence-corrected chi connectivity index (χ4v) is 1.78. The maximum absolute atomic E-state index is 13.1. The highest BCUT2D eigenvalue weighted by molar-refractivity contribution is 5.63. The van der Waals surface area contributed by atoms with Crippen LogP contribution in [0, 0.1) is 5.82 Å². The molecule has 0 aliphatic rings. The number of aromatic nitrogens is 3. The Morgan fingerprint density at radius 3 is 2.48 bits per heavy atom. The van der Waals surface area contributed by atoms with E-state index in [4.69, 9.17) is 10.5 Å². The smallest absolute Gasteiger partial charge is 0.321 e. The molecule has 0 bridgehead atoms. The molecule has 0 saturated heterocycles. The maximum Gasteiger partial charge on any atom is 0.321 e. The largest absolute Gasteiger partial charge is 0.424 e. The van der Waals surface area contributed by atoms with Gasteiger partial charge in [0.15, 0.2) is 0 Å². The van der Waals surface area contributed by atoms with Gasteiger partial charge >= 0.3 is 6.01 Å². The fourth-order valence-electron chi connectivity index (χ4n) is 1.78. The first kappa shape index (κ1) is 13.0. The standard InChI is InChI=1S/C15H11FN4O/c16-12-2-1-3-13(7-12)21-15-19-8-11(9-20-15)10-4-5-18-14(17)6-10/h1-9H,(H2,17,18). The summed E-state index contributed by atoms with van der Waals surface area (Å²) in [5.74, 6) is 0.389. The zero-order chi connectivity index (χ0) is 14.7. The molecule has 3 rings (SSSR count). The number of hydrogen-bond donors (Lipinski definition) is 1. The van der Waals surface area contributed by atoms with Gasteiger partial charge in [-0.3, -0.25) is 0 Å². The molecule has 2 heterocycles. The lowest BCUT2D eigenvalue weighted by Crippen LogP contribution is -1.93. The second kappa shape index (κ2) is 5.54. The van der Waals surface area contributed by atoms with E-state index in [-0.39, 0.29) is 11.8 Å². The van der Waals surface area contributed by atoms with Gasteiger partial charge < -0.3 is 10.5 Å². The lowest BCUT2D eigenvalue weighted by molar-refractivity contribution is 0.438. The molecule has 3 aromatic rings. The number of nitrogens with two attached hydrogens (primary N) is 1. The zero-order valence-corrected chi connectivity index (χ0v) is 10.9. The van der Waals surface area contributed by atoms with Crippen LogP contribution in [0.25, 0.3) is 11.1 Å². The summed E-state index contributed by atoms with van der Waals surface area (Å²) in [6, 6.07) is 9.47. The quantitative estimate of drug-likeness (QED) is 0.799. The molecule has 5 nitrogen and oxygen atoms in total. The summed E-state index contributed by atoms with van der Waals surface area (Å²) in [6.45, 7) is 0. The van der Waals surface area contributed by atoms with Crippen molar-refractivity contribution in [1.29, 1.82) is 0 Å². The topological polar surface area (TPSA) is 73.9 Å². The van der Waals surface area contributed by atoms with Gasteiger partial charge in [-0.2, -0.15) is 0 Å². The Kier molecular flexibility index (Phi) is 3.42. The minimum Gasteiger partial charge on any atom is -0.424 e. The minimum atomic E-state index is -0.378. The predicted molar refractivity (Wildman–Crippen MR) is 76.1 cm³/mol. The highest BCUT2D eigenvalue weighted by Gasteiger charge is 2.04. The van der Waals surface area contributed by atoms with Crippen molar-refractivity contribution in [3.63, 3.8) is 0 Å². The summed E-state index contributed by atoms with van der Waals surface area (Å²) in [7, 11) is 0. The van der Waals surface area contributed by atoms with Crippen LogP contribution in [0.4, 0.5) is 10.2 Å². The number of nitrogens with zero attached hydrogens (tertiary/aromatic N) is 3. The summed E-state index contributed by atoms with van der Waals surface area (Å²) in [5, 5.41) is 0. The number of halogens is 1. The molecule has 0 fully saturated rings. The van der Waals surface area contributed by atoms with Gasteiger partial charge in [0.2, 0.25) is 0 Å². The molecule has 0 aliphatic carbocycles. The van der Waals surface area contributed by atoms with Gasteiger partial charge in [0, 0.05) is 30.2 Å². The molecule has 104 valence electrons. The van der Waals surface area contributed by atoms with Crippen LogP contribution in [0.3, 0.4) is 0 Å². The third-order valence-corrected chi connectivity index (χ3v) is 2.75. The summed E-state index contributed by atoms with van der Waals surface area (Å²) >= 11 is 0. The summed E-state index contributed by atoms with van der Waals surface area (Å²) < 4.78 is 18.4. The van der Waals surface area contributed by atoms with Gasteiger partial charge in [-0.05, 0) is 29.8 Å². The van der Waals surface area contributed by atoms with Crippen LogP contribution < -0.4 is 10.5 Å². The number of anilines is 1. The Morgan fingerprint density at radius 2 is 1.76 bits per heavy atom. The highest BCUT2D eigenvalue weighted by atomic mass is 19.1. The number of rotatable bonds is 3. The SMILES string of the molecule is Nc1cc(-c2cnc(Oc3cccc(F)c3)nc2)ccn1. The van der Waals surface area contributed by atoms with Gasteiger partial charge in [0.25, 0.3) is 0 Å². The molecule has 0 aliphatic heterocycles. The average molecular weight is 282 g/mol. The molecule has 0 radical (unpaired) electrons. The first-order valence-electron chi connectivity index (χ1n) is 6.18. The number of ether oxygens (including phenoxy) is 1. The van der Waals surface area contributed by atoms with Crippen molar-refractivity contribution >= 4 is 5.82 Å². The highest BCUT2D eigenvalue weighted by Crippen LogP contribution is 2.22. The zero-order valence-electron chi connectivity index (χ0n) is 10.9. The van der Waals surface area contributed by atoms with Crippen LogP contribution in [0.5, 0.6) is 11.8 Å². The molecular formula is C15H11FN4O. The van der Waals surface area contributed by atoms with Gasteiger partial charge in [0.05, 0.1) is 0 Å². The predicted octanol–water partition coefficient (Wildman–Crippen LogP) is 3.05. The van der Waals surface area contributed by atoms with E-state index in [9.17, 15) is 4.39 Å². The summed E-state index contributed by atoms with van der Waals surface area (Å²) in [6.07, 6.45) is 4.83. The molecule has 0 saturated carbocycles. The third kappa shape index (κ3) is 3.11. The van der Waals surface area contributed by atoms with Gasteiger partial charge in [0.1, 0.15) is 17.4 Å². The number of pyridine rings is 1. The van der Waals surface area contributed by atoms with Crippen LogP contribution in [0.15, 0.2) is 55.0 Å². The lowest BCUT2D eigenvalue weighted by Gasteiger charge is -2.05. The van der Waals surface area contributed by atoms with Crippen molar-refractivity contribution in [2.24, 2.45) is 0 Å². The molecule has 0 amide bonds. The van der Waals surface area contributed by atoms with Crippen LogP contribution in [0.2, 0.25) is 0 Å². The second-order valence-electron chi connectivity index (χ2n) is 4.28. The monoisotopic (exact) mass is 282 g/mol. The molecule has 0 atom stereocenters. The fraction of sp³-hybridized carbons (Fsp3) is 0. The van der Waals surface area contributed by atoms with Crippen molar-refractivity contribution in [3.05, 3.63) is 60.8 Å². The first-order chi connectivity index (χ1) is 10.2. The summed E-state index contributed by atoms with van der Waals surface area (Å²) in [5.41, 5.74) is 7.28. The second-order valence-corrected chi connectivity index (χ2v) is 4.28. The minimum absolute atomic E-state index is 0.145. The van der Waals surface area contributed by atoms with Crippen LogP contribution >= 0.6 is 0 Å². The average Bonchev–Trinajstić information content (AvgIpc) is 2.48. The third-order valence-electron chi connectivity index (χ3n) is 2.75. The molecule has 21 heavy (non-hydrogen) atoms. The van der Waals surface area contributed by atoms with E-state index in [2.05, 4.69) is 15.0 Å². The molecule has 2 N–H and O–H groups in total. The van der Waals surface area contributed by atoms with E-state index in [0.717, 1.165) is 11.1 Å². The van der Waals surface area contributed by atoms with E-state index in [1.807, 2.05) is 6.07 Å². The van der Waals surface area contributed by atoms with Crippen molar-refractivity contribution in [2.75, 3.05) is 5.73 Å². The normalized spacial score (nSPS) is 10.3. The van der Waals surface area contributed by atoms with Crippen LogP contribution in [-0.2, 0) is 0 Å².